The van der Waals surface area contributed by atoms with Gasteiger partial charge in [0, 0.05) is 35.3 Å². The molecule has 28 heavy (non-hydrogen) atoms. The van der Waals surface area contributed by atoms with Gasteiger partial charge in [0.05, 0.1) is 6.54 Å². The van der Waals surface area contributed by atoms with Gasteiger partial charge in [0.2, 0.25) is 0 Å². The van der Waals surface area contributed by atoms with Crippen molar-refractivity contribution in [1.82, 2.24) is 15.5 Å². The van der Waals surface area contributed by atoms with E-state index in [4.69, 9.17) is 0 Å². The van der Waals surface area contributed by atoms with Gasteiger partial charge >= 0.3 is 0 Å². The van der Waals surface area contributed by atoms with Crippen molar-refractivity contribution in [3.05, 3.63) is 35.2 Å². The fourth-order valence-corrected chi connectivity index (χ4v) is 4.79. The normalized spacial score (nSPS) is 19.9. The van der Waals surface area contributed by atoms with Crippen molar-refractivity contribution in [2.75, 3.05) is 32.7 Å². The van der Waals surface area contributed by atoms with E-state index in [9.17, 15) is 5.11 Å². The van der Waals surface area contributed by atoms with E-state index in [2.05, 4.69) is 59.5 Å². The maximum Gasteiger partial charge on any atom is 0.191 e. The summed E-state index contributed by atoms with van der Waals surface area (Å²) in [7, 11) is 0. The summed E-state index contributed by atoms with van der Waals surface area (Å²) in [4.78, 5) is 8.17. The molecule has 1 aromatic heterocycles. The molecule has 0 aliphatic carbocycles. The summed E-state index contributed by atoms with van der Waals surface area (Å²) in [6.45, 7) is 11.1. The monoisotopic (exact) mass is 402 g/mol. The highest BCUT2D eigenvalue weighted by Gasteiger charge is 2.21. The molecule has 5 nitrogen and oxygen atoms in total. The molecule has 0 spiro atoms. The Balaban J connectivity index is 1.55. The van der Waals surface area contributed by atoms with Crippen molar-refractivity contribution < 1.29 is 5.11 Å². The summed E-state index contributed by atoms with van der Waals surface area (Å²) in [5, 5.41) is 18.6. The molecule has 3 N–H and O–H groups in total. The Hall–Kier alpha value is -1.63. The van der Waals surface area contributed by atoms with Gasteiger partial charge in [-0.3, -0.25) is 4.99 Å². The number of thiophene rings is 1. The minimum atomic E-state index is -0.570. The predicted molar refractivity (Wildman–Crippen MR) is 120 cm³/mol. The molecule has 1 aliphatic rings. The topological polar surface area (TPSA) is 59.9 Å². The van der Waals surface area contributed by atoms with Crippen LogP contribution in [0.25, 0.3) is 10.1 Å². The van der Waals surface area contributed by atoms with Crippen LogP contribution in [0, 0.1) is 5.92 Å². The van der Waals surface area contributed by atoms with Crippen LogP contribution in [0.2, 0.25) is 0 Å². The Kier molecular flexibility index (Phi) is 7.71. The maximum atomic E-state index is 10.6. The largest absolute Gasteiger partial charge is 0.386 e. The summed E-state index contributed by atoms with van der Waals surface area (Å²) in [6, 6.07) is 10.9. The first kappa shape index (κ1) is 21.1. The van der Waals surface area contributed by atoms with Gasteiger partial charge in [-0.15, -0.1) is 11.3 Å². The second kappa shape index (κ2) is 10.2. The van der Waals surface area contributed by atoms with Crippen molar-refractivity contribution in [3.63, 3.8) is 0 Å². The van der Waals surface area contributed by atoms with Crippen molar-refractivity contribution >= 4 is 27.4 Å². The van der Waals surface area contributed by atoms with E-state index in [1.54, 1.807) is 11.3 Å². The standard InChI is InChI=1S/C22H34N4OS/c1-4-23-22(24-13-17-8-7-11-26(15-17)16(2)3)25-14-19(27)21-12-18-9-5-6-10-20(18)28-21/h5-6,9-10,12,16-17,19,27H,4,7-8,11,13-15H2,1-3H3,(H2,23,24,25). The zero-order valence-corrected chi connectivity index (χ0v) is 18.1. The number of likely N-dealkylation sites (tertiary alicyclic amines) is 1. The van der Waals surface area contributed by atoms with E-state index in [-0.39, 0.29) is 0 Å². The third kappa shape index (κ3) is 5.69. The quantitative estimate of drug-likeness (QED) is 0.489. The van der Waals surface area contributed by atoms with Crippen molar-refractivity contribution in [2.24, 2.45) is 10.9 Å². The van der Waals surface area contributed by atoms with Crippen LogP contribution in [0.15, 0.2) is 35.3 Å². The van der Waals surface area contributed by atoms with Gasteiger partial charge in [0.25, 0.3) is 0 Å². The van der Waals surface area contributed by atoms with Gasteiger partial charge in [-0.05, 0) is 63.6 Å². The zero-order valence-electron chi connectivity index (χ0n) is 17.3. The summed E-state index contributed by atoms with van der Waals surface area (Å²) in [6.07, 6.45) is 1.96. The fourth-order valence-electron chi connectivity index (χ4n) is 3.75. The summed E-state index contributed by atoms with van der Waals surface area (Å²) in [5.41, 5.74) is 0. The number of aliphatic hydroxyl groups is 1. The van der Waals surface area contributed by atoms with Crippen molar-refractivity contribution in [2.45, 2.75) is 45.8 Å². The lowest BCUT2D eigenvalue weighted by molar-refractivity contribution is 0.141. The Morgan fingerprint density at radius 1 is 1.32 bits per heavy atom. The van der Waals surface area contributed by atoms with Crippen LogP contribution < -0.4 is 10.6 Å². The number of fused-ring (bicyclic) bond motifs is 1. The van der Waals surface area contributed by atoms with Crippen molar-refractivity contribution in [1.29, 1.82) is 0 Å². The van der Waals surface area contributed by atoms with Gasteiger partial charge < -0.3 is 20.6 Å². The lowest BCUT2D eigenvalue weighted by atomic mass is 9.97. The predicted octanol–water partition coefficient (Wildman–Crippen LogP) is 3.61. The zero-order chi connectivity index (χ0) is 19.9. The molecule has 0 radical (unpaired) electrons. The molecule has 0 saturated carbocycles. The Morgan fingerprint density at radius 3 is 2.89 bits per heavy atom. The molecule has 1 fully saturated rings. The minimum Gasteiger partial charge on any atom is -0.386 e. The Bertz CT molecular complexity index is 740. The van der Waals surface area contributed by atoms with E-state index in [1.165, 1.54) is 29.5 Å². The summed E-state index contributed by atoms with van der Waals surface area (Å²) in [5.74, 6) is 1.44. The first-order valence-electron chi connectivity index (χ1n) is 10.5. The first-order chi connectivity index (χ1) is 13.6. The fraction of sp³-hybridized carbons (Fsp3) is 0.591. The van der Waals surface area contributed by atoms with Gasteiger partial charge in [-0.1, -0.05) is 18.2 Å². The summed E-state index contributed by atoms with van der Waals surface area (Å²) >= 11 is 1.64. The highest BCUT2D eigenvalue weighted by molar-refractivity contribution is 7.19. The van der Waals surface area contributed by atoms with E-state index in [0.717, 1.165) is 30.5 Å². The van der Waals surface area contributed by atoms with Crippen LogP contribution in [0.3, 0.4) is 0 Å². The molecule has 1 saturated heterocycles. The van der Waals surface area contributed by atoms with E-state index >= 15 is 0 Å². The number of rotatable bonds is 7. The SMILES string of the molecule is CCNC(=NCC(O)c1cc2ccccc2s1)NCC1CCCN(C(C)C)C1. The first-order valence-corrected chi connectivity index (χ1v) is 11.3. The highest BCUT2D eigenvalue weighted by atomic mass is 32.1. The minimum absolute atomic E-state index is 0.366. The maximum absolute atomic E-state index is 10.6. The third-order valence-electron chi connectivity index (χ3n) is 5.38. The Labute approximate surface area is 172 Å². The number of guanidine groups is 1. The number of hydrogen-bond acceptors (Lipinski definition) is 4. The van der Waals surface area contributed by atoms with E-state index < -0.39 is 6.10 Å². The number of nitrogens with one attached hydrogen (secondary N) is 2. The third-order valence-corrected chi connectivity index (χ3v) is 6.60. The number of aliphatic imine (C=N–C) groups is 1. The van der Waals surface area contributed by atoms with Gasteiger partial charge in [0.1, 0.15) is 6.10 Å². The lowest BCUT2D eigenvalue weighted by Gasteiger charge is -2.35. The molecule has 2 aromatic rings. The molecule has 2 heterocycles. The van der Waals surface area contributed by atoms with Gasteiger partial charge in [-0.25, -0.2) is 0 Å². The number of benzene rings is 1. The molecule has 154 valence electrons. The van der Waals surface area contributed by atoms with Crippen LogP contribution >= 0.6 is 11.3 Å². The van der Waals surface area contributed by atoms with Crippen LogP contribution in [-0.4, -0.2) is 54.7 Å². The molecule has 3 rings (SSSR count). The molecule has 6 heteroatoms. The number of aliphatic hydroxyl groups excluding tert-OH is 1. The Morgan fingerprint density at radius 2 is 2.14 bits per heavy atom. The van der Waals surface area contributed by atoms with Crippen molar-refractivity contribution in [3.8, 4) is 0 Å². The van der Waals surface area contributed by atoms with Crippen LogP contribution in [-0.2, 0) is 0 Å². The van der Waals surface area contributed by atoms with Gasteiger partial charge in [0.15, 0.2) is 5.96 Å². The number of piperidine rings is 1. The molecule has 2 atom stereocenters. The van der Waals surface area contributed by atoms with Crippen LogP contribution in [0.4, 0.5) is 0 Å². The number of hydrogen-bond donors (Lipinski definition) is 3. The molecular weight excluding hydrogens is 368 g/mol. The van der Waals surface area contributed by atoms with E-state index in [0.29, 0.717) is 18.5 Å². The molecule has 2 unspecified atom stereocenters. The second-order valence-electron chi connectivity index (χ2n) is 7.90. The molecule has 0 bridgehead atoms. The molecule has 0 amide bonds. The van der Waals surface area contributed by atoms with E-state index in [1.807, 2.05) is 12.1 Å². The molecule has 1 aliphatic heterocycles. The average Bonchev–Trinajstić information content (AvgIpc) is 3.14. The second-order valence-corrected chi connectivity index (χ2v) is 9.02. The highest BCUT2D eigenvalue weighted by Crippen LogP contribution is 2.29. The number of nitrogens with zero attached hydrogens (tertiary/aromatic N) is 2. The van der Waals surface area contributed by atoms with Gasteiger partial charge in [-0.2, -0.15) is 0 Å². The lowest BCUT2D eigenvalue weighted by Crippen LogP contribution is -2.46. The average molecular weight is 403 g/mol. The smallest absolute Gasteiger partial charge is 0.191 e. The van der Waals surface area contributed by atoms with Crippen LogP contribution in [0.1, 0.15) is 44.6 Å². The van der Waals surface area contributed by atoms with Crippen LogP contribution in [0.5, 0.6) is 0 Å². The summed E-state index contributed by atoms with van der Waals surface area (Å²) < 4.78 is 1.21. The molecule has 1 aromatic carbocycles. The molecular formula is C22H34N4OS.